The topological polar surface area (TPSA) is 56.0 Å². The number of carbonyl (C=O) groups is 1. The molecule has 0 aliphatic rings. The third-order valence-electron chi connectivity index (χ3n) is 3.77. The Hall–Kier alpha value is -2.08. The largest absolute Gasteiger partial charge is 0.368 e. The van der Waals surface area contributed by atoms with E-state index in [2.05, 4.69) is 4.98 Å². The van der Waals surface area contributed by atoms with Gasteiger partial charge in [-0.2, -0.15) is 0 Å². The van der Waals surface area contributed by atoms with Crippen LogP contribution in [-0.2, 0) is 9.54 Å². The number of halogens is 3. The number of nitrogens with two attached hydrogens (primary N) is 1. The van der Waals surface area contributed by atoms with Gasteiger partial charge in [-0.3, -0.25) is 9.78 Å². The summed E-state index contributed by atoms with van der Waals surface area (Å²) < 4.78 is 11.9. The Bertz CT molecular complexity index is 870. The van der Waals surface area contributed by atoms with E-state index in [0.717, 1.165) is 0 Å². The summed E-state index contributed by atoms with van der Waals surface area (Å²) in [7, 11) is 0. The van der Waals surface area contributed by atoms with Crippen molar-refractivity contribution in [3.05, 3.63) is 94.0 Å². The Morgan fingerprint density at radius 2 is 1.58 bits per heavy atom. The first-order valence-corrected chi connectivity index (χ1v) is 9.11. The third-order valence-corrected chi connectivity index (χ3v) is 5.71. The second kappa shape index (κ2) is 7.66. The van der Waals surface area contributed by atoms with E-state index in [1.165, 1.54) is 30.1 Å². The molecule has 1 atom stereocenters. The summed E-state index contributed by atoms with van der Waals surface area (Å²) in [5.41, 5.74) is 6.88. The van der Waals surface area contributed by atoms with Crippen LogP contribution in [0.5, 0.6) is 0 Å². The number of benzene rings is 2. The summed E-state index contributed by atoms with van der Waals surface area (Å²) in [4.78, 5) is 17.7. The molecule has 1 unspecified atom stereocenters. The second-order valence-corrected chi connectivity index (χ2v) is 7.63. The van der Waals surface area contributed by atoms with Crippen LogP contribution >= 0.6 is 35.0 Å². The fraction of sp³-hybridized carbons (Fsp3) is 0.0526. The number of carbonyl (C=O) groups excluding carboxylic acids is 1. The summed E-state index contributed by atoms with van der Waals surface area (Å²) in [5.74, 6) is -0.973. The lowest BCUT2D eigenvalue weighted by Gasteiger charge is -2.30. The van der Waals surface area contributed by atoms with E-state index in [1.54, 1.807) is 48.5 Å². The Balaban J connectivity index is 2.20. The normalized spacial score (nSPS) is 13.2. The van der Waals surface area contributed by atoms with Gasteiger partial charge in [0, 0.05) is 16.1 Å². The van der Waals surface area contributed by atoms with Gasteiger partial charge in [0.25, 0.3) is 0 Å². The number of rotatable bonds is 5. The molecule has 0 saturated carbocycles. The van der Waals surface area contributed by atoms with Gasteiger partial charge in [-0.05, 0) is 54.1 Å². The van der Waals surface area contributed by atoms with E-state index in [1.807, 2.05) is 0 Å². The van der Waals surface area contributed by atoms with Crippen molar-refractivity contribution in [3.8, 4) is 0 Å². The van der Waals surface area contributed by atoms with Crippen LogP contribution in [0.3, 0.4) is 0 Å². The summed E-state index contributed by atoms with van der Waals surface area (Å²) in [6.07, 6.45) is 1.45. The van der Waals surface area contributed by atoms with Crippen LogP contribution in [0.25, 0.3) is 0 Å². The molecule has 0 fully saturated rings. The zero-order valence-corrected chi connectivity index (χ0v) is 15.7. The summed E-state index contributed by atoms with van der Waals surface area (Å²) in [6, 6.07) is 15.9. The molecule has 26 heavy (non-hydrogen) atoms. The number of amides is 1. The lowest BCUT2D eigenvalue weighted by Crippen LogP contribution is -2.40. The maximum absolute atomic E-state index is 13.3. The highest BCUT2D eigenvalue weighted by atomic mass is 35.5. The predicted molar refractivity (Wildman–Crippen MR) is 103 cm³/mol. The molecule has 7 heteroatoms. The van der Waals surface area contributed by atoms with E-state index < -0.39 is 10.7 Å². The maximum Gasteiger partial charge on any atom is 0.244 e. The number of thioether (sulfide) groups is 1. The minimum Gasteiger partial charge on any atom is -0.368 e. The number of hydrogen-bond donors (Lipinski definition) is 1. The van der Waals surface area contributed by atoms with Crippen molar-refractivity contribution < 1.29 is 9.18 Å². The van der Waals surface area contributed by atoms with Gasteiger partial charge in [-0.15, -0.1) is 0 Å². The molecule has 1 heterocycles. The Morgan fingerprint density at radius 3 is 2.12 bits per heavy atom. The SMILES string of the molecule is NC(=O)C(Sc1ccc(F)cc1)(c1ccc(Cl)cc1)c1ccc(Cl)cn1. The van der Waals surface area contributed by atoms with Crippen LogP contribution in [0.1, 0.15) is 11.3 Å². The molecule has 0 saturated heterocycles. The van der Waals surface area contributed by atoms with Crippen LogP contribution in [0.15, 0.2) is 71.8 Å². The van der Waals surface area contributed by atoms with Crippen molar-refractivity contribution in [2.75, 3.05) is 0 Å². The molecular weight excluding hydrogens is 394 g/mol. The highest BCUT2D eigenvalue weighted by Gasteiger charge is 2.43. The highest BCUT2D eigenvalue weighted by Crippen LogP contribution is 2.46. The first kappa shape index (κ1) is 18.7. The van der Waals surface area contributed by atoms with Crippen LogP contribution in [-0.4, -0.2) is 10.9 Å². The van der Waals surface area contributed by atoms with Crippen molar-refractivity contribution in [3.63, 3.8) is 0 Å². The first-order valence-electron chi connectivity index (χ1n) is 7.54. The smallest absolute Gasteiger partial charge is 0.244 e. The van der Waals surface area contributed by atoms with Crippen LogP contribution in [0.2, 0.25) is 10.0 Å². The Kier molecular flexibility index (Phi) is 5.51. The Morgan fingerprint density at radius 1 is 0.962 bits per heavy atom. The number of nitrogens with zero attached hydrogens (tertiary/aromatic N) is 1. The standard InChI is InChI=1S/C19H13Cl2FN2OS/c20-13-3-1-12(2-4-13)19(18(23)25,17-10-5-14(21)11-24-17)26-16-8-6-15(22)7-9-16/h1-11H,(H2,23,25). The van der Waals surface area contributed by atoms with Crippen LogP contribution in [0.4, 0.5) is 4.39 Å². The molecule has 1 amide bonds. The van der Waals surface area contributed by atoms with E-state index in [0.29, 0.717) is 26.2 Å². The lowest BCUT2D eigenvalue weighted by molar-refractivity contribution is -0.119. The monoisotopic (exact) mass is 406 g/mol. The molecular formula is C19H13Cl2FN2OS. The van der Waals surface area contributed by atoms with E-state index >= 15 is 0 Å². The summed E-state index contributed by atoms with van der Waals surface area (Å²) in [5, 5.41) is 0.970. The predicted octanol–water partition coefficient (Wildman–Crippen LogP) is 5.05. The zero-order chi connectivity index (χ0) is 18.7. The zero-order valence-electron chi connectivity index (χ0n) is 13.3. The summed E-state index contributed by atoms with van der Waals surface area (Å²) >= 11 is 13.1. The van der Waals surface area contributed by atoms with Gasteiger partial charge in [0.1, 0.15) is 5.82 Å². The van der Waals surface area contributed by atoms with Gasteiger partial charge < -0.3 is 5.73 Å². The quantitative estimate of drug-likeness (QED) is 0.603. The maximum atomic E-state index is 13.3. The van der Waals surface area contributed by atoms with Crippen molar-refractivity contribution in [1.82, 2.24) is 4.98 Å². The van der Waals surface area contributed by atoms with Crippen molar-refractivity contribution in [2.45, 2.75) is 9.64 Å². The molecule has 132 valence electrons. The van der Waals surface area contributed by atoms with E-state index in [4.69, 9.17) is 28.9 Å². The minimum absolute atomic E-state index is 0.366. The summed E-state index contributed by atoms with van der Waals surface area (Å²) in [6.45, 7) is 0. The van der Waals surface area contributed by atoms with Crippen molar-refractivity contribution in [2.24, 2.45) is 5.73 Å². The minimum atomic E-state index is -1.33. The fourth-order valence-corrected chi connectivity index (χ4v) is 3.97. The van der Waals surface area contributed by atoms with Crippen LogP contribution < -0.4 is 5.73 Å². The molecule has 2 aromatic carbocycles. The van der Waals surface area contributed by atoms with Gasteiger partial charge in [0.15, 0.2) is 4.75 Å². The van der Waals surface area contributed by atoms with Gasteiger partial charge in [-0.1, -0.05) is 47.1 Å². The molecule has 0 bridgehead atoms. The number of hydrogen-bond acceptors (Lipinski definition) is 3. The molecule has 0 spiro atoms. The molecule has 3 aromatic rings. The average molecular weight is 407 g/mol. The second-order valence-electron chi connectivity index (χ2n) is 5.47. The molecule has 2 N–H and O–H groups in total. The first-order chi connectivity index (χ1) is 12.4. The van der Waals surface area contributed by atoms with Gasteiger partial charge in [0.2, 0.25) is 5.91 Å². The number of aromatic nitrogens is 1. The molecule has 3 nitrogen and oxygen atoms in total. The average Bonchev–Trinajstić information content (AvgIpc) is 2.63. The molecule has 0 radical (unpaired) electrons. The molecule has 0 aliphatic carbocycles. The lowest BCUT2D eigenvalue weighted by atomic mass is 9.93. The highest BCUT2D eigenvalue weighted by molar-refractivity contribution is 8.01. The Labute approximate surface area is 164 Å². The molecule has 1 aromatic heterocycles. The van der Waals surface area contributed by atoms with E-state index in [9.17, 15) is 9.18 Å². The molecule has 3 rings (SSSR count). The van der Waals surface area contributed by atoms with E-state index in [-0.39, 0.29) is 5.82 Å². The van der Waals surface area contributed by atoms with Crippen LogP contribution in [0, 0.1) is 5.82 Å². The van der Waals surface area contributed by atoms with Crippen molar-refractivity contribution in [1.29, 1.82) is 0 Å². The van der Waals surface area contributed by atoms with Crippen molar-refractivity contribution >= 4 is 40.9 Å². The fourth-order valence-electron chi connectivity index (χ4n) is 2.53. The van der Waals surface area contributed by atoms with Gasteiger partial charge >= 0.3 is 0 Å². The molecule has 0 aliphatic heterocycles. The van der Waals surface area contributed by atoms with Gasteiger partial charge in [0.05, 0.1) is 10.7 Å². The number of pyridine rings is 1. The van der Waals surface area contributed by atoms with Gasteiger partial charge in [-0.25, -0.2) is 4.39 Å². The third kappa shape index (κ3) is 3.70. The number of primary amides is 1.